The van der Waals surface area contributed by atoms with E-state index < -0.39 is 5.97 Å². The molecule has 0 fully saturated rings. The van der Waals surface area contributed by atoms with Gasteiger partial charge in [-0.2, -0.15) is 0 Å². The standard InChI is InChI=1S/C17H21NO3/c1-12(17(19)20)10-18(2)11-15-8-13-6-4-5-7-14(13)9-16(15)21-3/h4-9,12H,10-11H2,1-3H3,(H,19,20). The lowest BCUT2D eigenvalue weighted by molar-refractivity contribution is -0.141. The smallest absolute Gasteiger partial charge is 0.307 e. The lowest BCUT2D eigenvalue weighted by Gasteiger charge is -2.20. The van der Waals surface area contributed by atoms with E-state index in [9.17, 15) is 4.79 Å². The zero-order valence-corrected chi connectivity index (χ0v) is 12.7. The van der Waals surface area contributed by atoms with Gasteiger partial charge in [0.1, 0.15) is 5.75 Å². The third-order valence-corrected chi connectivity index (χ3v) is 3.60. The van der Waals surface area contributed by atoms with Crippen LogP contribution in [-0.4, -0.2) is 36.7 Å². The molecule has 0 aromatic heterocycles. The molecule has 0 aliphatic rings. The van der Waals surface area contributed by atoms with Crippen LogP contribution in [-0.2, 0) is 11.3 Å². The number of fused-ring (bicyclic) bond motifs is 1. The number of hydrogen-bond acceptors (Lipinski definition) is 3. The fourth-order valence-corrected chi connectivity index (χ4v) is 2.48. The Bertz CT molecular complexity index is 639. The average Bonchev–Trinajstić information content (AvgIpc) is 2.46. The third-order valence-electron chi connectivity index (χ3n) is 3.60. The van der Waals surface area contributed by atoms with E-state index in [1.807, 2.05) is 30.1 Å². The monoisotopic (exact) mass is 287 g/mol. The van der Waals surface area contributed by atoms with E-state index >= 15 is 0 Å². The second-order valence-electron chi connectivity index (χ2n) is 5.45. The molecule has 0 saturated heterocycles. The Morgan fingerprint density at radius 1 is 1.29 bits per heavy atom. The molecular weight excluding hydrogens is 266 g/mol. The van der Waals surface area contributed by atoms with Crippen LogP contribution in [0.5, 0.6) is 5.75 Å². The number of carboxylic acids is 1. The van der Waals surface area contributed by atoms with Crippen molar-refractivity contribution in [3.05, 3.63) is 42.0 Å². The molecule has 0 spiro atoms. The van der Waals surface area contributed by atoms with Crippen LogP contribution in [0.25, 0.3) is 10.8 Å². The number of nitrogens with zero attached hydrogens (tertiary/aromatic N) is 1. The highest BCUT2D eigenvalue weighted by Gasteiger charge is 2.15. The zero-order chi connectivity index (χ0) is 15.4. The molecule has 0 heterocycles. The summed E-state index contributed by atoms with van der Waals surface area (Å²) in [4.78, 5) is 12.9. The first-order chi connectivity index (χ1) is 10.0. The number of carbonyl (C=O) groups is 1. The van der Waals surface area contributed by atoms with Crippen LogP contribution in [0, 0.1) is 5.92 Å². The zero-order valence-electron chi connectivity index (χ0n) is 12.7. The van der Waals surface area contributed by atoms with Gasteiger partial charge in [-0.05, 0) is 30.0 Å². The van der Waals surface area contributed by atoms with Crippen molar-refractivity contribution in [2.45, 2.75) is 13.5 Å². The molecule has 2 aromatic carbocycles. The van der Waals surface area contributed by atoms with Gasteiger partial charge < -0.3 is 14.7 Å². The summed E-state index contributed by atoms with van der Waals surface area (Å²) in [6.45, 7) is 2.88. The SMILES string of the molecule is COc1cc2ccccc2cc1CN(C)CC(C)C(=O)O. The van der Waals surface area contributed by atoms with Crippen molar-refractivity contribution in [1.82, 2.24) is 4.90 Å². The molecule has 0 aliphatic heterocycles. The predicted octanol–water partition coefficient (Wildman–Crippen LogP) is 3.00. The first-order valence-electron chi connectivity index (χ1n) is 6.98. The molecule has 1 atom stereocenters. The number of hydrogen-bond donors (Lipinski definition) is 1. The van der Waals surface area contributed by atoms with Crippen molar-refractivity contribution in [3.63, 3.8) is 0 Å². The van der Waals surface area contributed by atoms with Gasteiger partial charge in [-0.25, -0.2) is 0 Å². The maximum atomic E-state index is 10.9. The normalized spacial score (nSPS) is 12.6. The Morgan fingerprint density at radius 2 is 1.90 bits per heavy atom. The third kappa shape index (κ3) is 3.73. The molecule has 4 nitrogen and oxygen atoms in total. The lowest BCUT2D eigenvalue weighted by atomic mass is 10.0. The van der Waals surface area contributed by atoms with Crippen LogP contribution in [0.2, 0.25) is 0 Å². The summed E-state index contributed by atoms with van der Waals surface area (Å²) in [6.07, 6.45) is 0. The summed E-state index contributed by atoms with van der Waals surface area (Å²) in [5, 5.41) is 11.3. The summed E-state index contributed by atoms with van der Waals surface area (Å²) in [7, 11) is 3.58. The topological polar surface area (TPSA) is 49.8 Å². The number of rotatable bonds is 6. The minimum atomic E-state index is -0.771. The van der Waals surface area contributed by atoms with Crippen molar-refractivity contribution in [2.24, 2.45) is 5.92 Å². The van der Waals surface area contributed by atoms with Gasteiger partial charge in [0.25, 0.3) is 0 Å². The fourth-order valence-electron chi connectivity index (χ4n) is 2.48. The molecule has 1 N–H and O–H groups in total. The molecule has 0 saturated carbocycles. The lowest BCUT2D eigenvalue weighted by Crippen LogP contribution is -2.28. The van der Waals surface area contributed by atoms with Crippen LogP contribution < -0.4 is 4.74 Å². The first-order valence-corrected chi connectivity index (χ1v) is 6.98. The van der Waals surface area contributed by atoms with Gasteiger partial charge in [-0.1, -0.05) is 31.2 Å². The van der Waals surface area contributed by atoms with Crippen LogP contribution in [0.4, 0.5) is 0 Å². The molecule has 0 amide bonds. The van der Waals surface area contributed by atoms with Gasteiger partial charge in [0.2, 0.25) is 0 Å². The summed E-state index contributed by atoms with van der Waals surface area (Å²) in [5.74, 6) is -0.322. The highest BCUT2D eigenvalue weighted by molar-refractivity contribution is 5.85. The molecule has 2 aromatic rings. The number of ether oxygens (including phenoxy) is 1. The van der Waals surface area contributed by atoms with Crippen LogP contribution >= 0.6 is 0 Å². The first kappa shape index (κ1) is 15.3. The van der Waals surface area contributed by atoms with Gasteiger partial charge in [0.15, 0.2) is 0 Å². The second kappa shape index (κ2) is 6.59. The largest absolute Gasteiger partial charge is 0.496 e. The van der Waals surface area contributed by atoms with E-state index in [1.54, 1.807) is 14.0 Å². The van der Waals surface area contributed by atoms with Crippen LogP contribution in [0.1, 0.15) is 12.5 Å². The van der Waals surface area contributed by atoms with E-state index in [1.165, 1.54) is 0 Å². The van der Waals surface area contributed by atoms with Crippen LogP contribution in [0.3, 0.4) is 0 Å². The minimum absolute atomic E-state index is 0.388. The Balaban J connectivity index is 2.22. The van der Waals surface area contributed by atoms with E-state index in [4.69, 9.17) is 9.84 Å². The Hall–Kier alpha value is -2.07. The number of carboxylic acid groups (broad SMARTS) is 1. The van der Waals surface area contributed by atoms with E-state index in [2.05, 4.69) is 18.2 Å². The Kier molecular flexibility index (Phi) is 4.81. The van der Waals surface area contributed by atoms with Crippen molar-refractivity contribution in [1.29, 1.82) is 0 Å². The number of aliphatic carboxylic acids is 1. The van der Waals surface area contributed by atoms with E-state index in [0.717, 1.165) is 22.1 Å². The van der Waals surface area contributed by atoms with Gasteiger partial charge in [-0.3, -0.25) is 4.79 Å². The van der Waals surface area contributed by atoms with Crippen molar-refractivity contribution >= 4 is 16.7 Å². The number of benzene rings is 2. The second-order valence-corrected chi connectivity index (χ2v) is 5.45. The molecule has 1 unspecified atom stereocenters. The highest BCUT2D eigenvalue weighted by atomic mass is 16.5. The van der Waals surface area contributed by atoms with Gasteiger partial charge in [0.05, 0.1) is 13.0 Å². The molecule has 0 aliphatic carbocycles. The molecule has 0 radical (unpaired) electrons. The summed E-state index contributed by atoms with van der Waals surface area (Å²) in [6, 6.07) is 12.3. The van der Waals surface area contributed by atoms with Gasteiger partial charge in [-0.15, -0.1) is 0 Å². The van der Waals surface area contributed by atoms with Crippen molar-refractivity contribution in [2.75, 3.05) is 20.7 Å². The maximum absolute atomic E-state index is 10.9. The number of methoxy groups -OCH3 is 1. The molecule has 2 rings (SSSR count). The highest BCUT2D eigenvalue weighted by Crippen LogP contribution is 2.27. The molecule has 4 heteroatoms. The van der Waals surface area contributed by atoms with Crippen molar-refractivity contribution < 1.29 is 14.6 Å². The Labute approximate surface area is 124 Å². The Morgan fingerprint density at radius 3 is 2.48 bits per heavy atom. The van der Waals surface area contributed by atoms with Gasteiger partial charge >= 0.3 is 5.97 Å². The summed E-state index contributed by atoms with van der Waals surface area (Å²) >= 11 is 0. The van der Waals surface area contributed by atoms with E-state index in [0.29, 0.717) is 13.1 Å². The molecular formula is C17H21NO3. The minimum Gasteiger partial charge on any atom is -0.496 e. The quantitative estimate of drug-likeness (QED) is 0.887. The maximum Gasteiger partial charge on any atom is 0.307 e. The fraction of sp³-hybridized carbons (Fsp3) is 0.353. The summed E-state index contributed by atoms with van der Waals surface area (Å²) < 4.78 is 5.46. The van der Waals surface area contributed by atoms with E-state index in [-0.39, 0.29) is 5.92 Å². The van der Waals surface area contributed by atoms with Crippen LogP contribution in [0.15, 0.2) is 36.4 Å². The average molecular weight is 287 g/mol. The summed E-state index contributed by atoms with van der Waals surface area (Å²) in [5.41, 5.74) is 1.07. The van der Waals surface area contributed by atoms with Gasteiger partial charge in [0, 0.05) is 18.7 Å². The predicted molar refractivity (Wildman–Crippen MR) is 83.6 cm³/mol. The molecule has 21 heavy (non-hydrogen) atoms. The molecule has 112 valence electrons. The van der Waals surface area contributed by atoms with Crippen molar-refractivity contribution in [3.8, 4) is 5.75 Å². The molecule has 0 bridgehead atoms.